The second-order valence-electron chi connectivity index (χ2n) is 4.51. The molecule has 0 bridgehead atoms. The molecule has 17 heavy (non-hydrogen) atoms. The summed E-state index contributed by atoms with van der Waals surface area (Å²) in [6.07, 6.45) is 1.97. The van der Waals surface area contributed by atoms with Crippen LogP contribution in [-0.2, 0) is 9.53 Å². The molecule has 92 valence electrons. The highest BCUT2D eigenvalue weighted by atomic mass is 16.5. The third kappa shape index (κ3) is 2.50. The van der Waals surface area contributed by atoms with Gasteiger partial charge in [0.05, 0.1) is 7.11 Å². The van der Waals surface area contributed by atoms with E-state index in [4.69, 9.17) is 4.74 Å². The average Bonchev–Trinajstić information content (AvgIpc) is 2.87. The highest BCUT2D eigenvalue weighted by Gasteiger charge is 2.34. The van der Waals surface area contributed by atoms with Crippen molar-refractivity contribution >= 4 is 5.97 Å². The van der Waals surface area contributed by atoms with E-state index >= 15 is 0 Å². The first-order chi connectivity index (χ1) is 8.24. The first-order valence-corrected chi connectivity index (χ1v) is 6.12. The van der Waals surface area contributed by atoms with E-state index in [1.807, 2.05) is 18.2 Å². The minimum atomic E-state index is -0.106. The van der Waals surface area contributed by atoms with Gasteiger partial charge in [0, 0.05) is 6.04 Å². The number of ether oxygens (including phenoxy) is 1. The van der Waals surface area contributed by atoms with Crippen molar-refractivity contribution < 1.29 is 9.53 Å². The van der Waals surface area contributed by atoms with Crippen LogP contribution in [0.15, 0.2) is 30.3 Å². The molecule has 1 aliphatic rings. The summed E-state index contributed by atoms with van der Waals surface area (Å²) >= 11 is 0. The smallest absolute Gasteiger partial charge is 0.323 e. The summed E-state index contributed by atoms with van der Waals surface area (Å²) < 4.78 is 4.87. The standard InChI is InChI=1S/C14H19NO2/c1-11(12-7-4-3-5-8-12)15-10-6-9-13(15)14(16)17-2/h3-5,7-8,11,13H,6,9-10H2,1-2H3. The van der Waals surface area contributed by atoms with Crippen molar-refractivity contribution in [2.24, 2.45) is 0 Å². The predicted molar refractivity (Wildman–Crippen MR) is 66.6 cm³/mol. The van der Waals surface area contributed by atoms with Gasteiger partial charge in [-0.2, -0.15) is 0 Å². The Morgan fingerprint density at radius 2 is 2.12 bits per heavy atom. The molecule has 0 spiro atoms. The molecule has 2 rings (SSSR count). The van der Waals surface area contributed by atoms with Gasteiger partial charge in [0.15, 0.2) is 0 Å². The van der Waals surface area contributed by atoms with E-state index in [0.717, 1.165) is 19.4 Å². The molecular formula is C14H19NO2. The molecule has 1 aromatic carbocycles. The lowest BCUT2D eigenvalue weighted by atomic mass is 10.1. The third-order valence-corrected chi connectivity index (χ3v) is 3.55. The van der Waals surface area contributed by atoms with Crippen LogP contribution in [0.1, 0.15) is 31.4 Å². The Kier molecular flexibility index (Phi) is 3.79. The summed E-state index contributed by atoms with van der Waals surface area (Å²) in [6, 6.07) is 10.5. The molecular weight excluding hydrogens is 214 g/mol. The van der Waals surface area contributed by atoms with Crippen LogP contribution < -0.4 is 0 Å². The monoisotopic (exact) mass is 233 g/mol. The summed E-state index contributed by atoms with van der Waals surface area (Å²) in [6.45, 7) is 3.12. The van der Waals surface area contributed by atoms with E-state index in [2.05, 4.69) is 24.0 Å². The molecule has 1 saturated heterocycles. The van der Waals surface area contributed by atoms with Crippen LogP contribution in [0.3, 0.4) is 0 Å². The fourth-order valence-corrected chi connectivity index (χ4v) is 2.56. The second kappa shape index (κ2) is 5.32. The van der Waals surface area contributed by atoms with Gasteiger partial charge in [-0.3, -0.25) is 9.69 Å². The summed E-state index contributed by atoms with van der Waals surface area (Å²) in [5.41, 5.74) is 1.25. The van der Waals surface area contributed by atoms with Crippen LogP contribution in [0.4, 0.5) is 0 Å². The molecule has 0 aliphatic carbocycles. The van der Waals surface area contributed by atoms with Gasteiger partial charge in [-0.25, -0.2) is 0 Å². The molecule has 0 aromatic heterocycles. The van der Waals surface area contributed by atoms with Gasteiger partial charge in [-0.15, -0.1) is 0 Å². The Labute approximate surface area is 102 Å². The van der Waals surface area contributed by atoms with E-state index in [1.54, 1.807) is 0 Å². The Morgan fingerprint density at radius 1 is 1.41 bits per heavy atom. The van der Waals surface area contributed by atoms with Crippen molar-refractivity contribution in [3.8, 4) is 0 Å². The van der Waals surface area contributed by atoms with E-state index in [0.29, 0.717) is 0 Å². The highest BCUT2D eigenvalue weighted by molar-refractivity contribution is 5.76. The lowest BCUT2D eigenvalue weighted by Crippen LogP contribution is -2.38. The average molecular weight is 233 g/mol. The summed E-state index contributed by atoms with van der Waals surface area (Å²) in [5.74, 6) is -0.106. The summed E-state index contributed by atoms with van der Waals surface area (Å²) in [7, 11) is 1.46. The molecule has 0 N–H and O–H groups in total. The minimum Gasteiger partial charge on any atom is -0.468 e. The van der Waals surface area contributed by atoms with Gasteiger partial charge in [-0.05, 0) is 31.9 Å². The van der Waals surface area contributed by atoms with Crippen LogP contribution in [0.5, 0.6) is 0 Å². The van der Waals surface area contributed by atoms with Crippen LogP contribution in [-0.4, -0.2) is 30.6 Å². The topological polar surface area (TPSA) is 29.5 Å². The Hall–Kier alpha value is -1.35. The van der Waals surface area contributed by atoms with Gasteiger partial charge in [-0.1, -0.05) is 30.3 Å². The zero-order chi connectivity index (χ0) is 12.3. The molecule has 1 aliphatic heterocycles. The van der Waals surface area contributed by atoms with Gasteiger partial charge >= 0.3 is 5.97 Å². The number of hydrogen-bond acceptors (Lipinski definition) is 3. The van der Waals surface area contributed by atoms with E-state index in [9.17, 15) is 4.79 Å². The Bertz CT molecular complexity index is 377. The van der Waals surface area contributed by atoms with Gasteiger partial charge in [0.1, 0.15) is 6.04 Å². The zero-order valence-corrected chi connectivity index (χ0v) is 10.4. The number of carbonyl (C=O) groups is 1. The molecule has 3 nitrogen and oxygen atoms in total. The minimum absolute atomic E-state index is 0.0739. The van der Waals surface area contributed by atoms with Gasteiger partial charge in [0.25, 0.3) is 0 Å². The normalized spacial score (nSPS) is 22.4. The largest absolute Gasteiger partial charge is 0.468 e. The maximum atomic E-state index is 11.7. The first kappa shape index (κ1) is 12.1. The Morgan fingerprint density at radius 3 is 2.76 bits per heavy atom. The molecule has 3 heteroatoms. The van der Waals surface area contributed by atoms with Crippen molar-refractivity contribution in [3.05, 3.63) is 35.9 Å². The SMILES string of the molecule is COC(=O)C1CCCN1C(C)c1ccccc1. The molecule has 0 radical (unpaired) electrons. The lowest BCUT2D eigenvalue weighted by molar-refractivity contribution is -0.146. The van der Waals surface area contributed by atoms with Crippen molar-refractivity contribution in [1.29, 1.82) is 0 Å². The van der Waals surface area contributed by atoms with Crippen molar-refractivity contribution in [3.63, 3.8) is 0 Å². The number of rotatable bonds is 3. The highest BCUT2D eigenvalue weighted by Crippen LogP contribution is 2.29. The number of esters is 1. The number of hydrogen-bond donors (Lipinski definition) is 0. The van der Waals surface area contributed by atoms with Crippen LogP contribution in [0.25, 0.3) is 0 Å². The Balaban J connectivity index is 2.13. The fraction of sp³-hybridized carbons (Fsp3) is 0.500. The number of methoxy groups -OCH3 is 1. The van der Waals surface area contributed by atoms with Crippen LogP contribution in [0, 0.1) is 0 Å². The van der Waals surface area contributed by atoms with Crippen LogP contribution >= 0.6 is 0 Å². The molecule has 2 unspecified atom stereocenters. The van der Waals surface area contributed by atoms with E-state index in [1.165, 1.54) is 12.7 Å². The van der Waals surface area contributed by atoms with Gasteiger partial charge in [0.2, 0.25) is 0 Å². The maximum absolute atomic E-state index is 11.7. The second-order valence-corrected chi connectivity index (χ2v) is 4.51. The van der Waals surface area contributed by atoms with Crippen LogP contribution in [0.2, 0.25) is 0 Å². The number of benzene rings is 1. The zero-order valence-electron chi connectivity index (χ0n) is 10.4. The number of nitrogens with zero attached hydrogens (tertiary/aromatic N) is 1. The molecule has 1 aromatic rings. The van der Waals surface area contributed by atoms with Gasteiger partial charge < -0.3 is 4.74 Å². The molecule has 0 amide bonds. The van der Waals surface area contributed by atoms with Crippen molar-refractivity contribution in [2.45, 2.75) is 31.8 Å². The lowest BCUT2D eigenvalue weighted by Gasteiger charge is -2.29. The van der Waals surface area contributed by atoms with E-state index < -0.39 is 0 Å². The molecule has 0 saturated carbocycles. The third-order valence-electron chi connectivity index (χ3n) is 3.55. The predicted octanol–water partition coefficient (Wildman–Crippen LogP) is 2.39. The summed E-state index contributed by atoms with van der Waals surface area (Å²) in [4.78, 5) is 13.9. The summed E-state index contributed by atoms with van der Waals surface area (Å²) in [5, 5.41) is 0. The molecule has 2 atom stereocenters. The molecule has 1 heterocycles. The van der Waals surface area contributed by atoms with E-state index in [-0.39, 0.29) is 18.1 Å². The van der Waals surface area contributed by atoms with Crippen molar-refractivity contribution in [1.82, 2.24) is 4.90 Å². The number of carbonyl (C=O) groups excluding carboxylic acids is 1. The fourth-order valence-electron chi connectivity index (χ4n) is 2.56. The molecule has 1 fully saturated rings. The number of likely N-dealkylation sites (tertiary alicyclic amines) is 1. The maximum Gasteiger partial charge on any atom is 0.323 e. The quantitative estimate of drug-likeness (QED) is 0.751. The first-order valence-electron chi connectivity index (χ1n) is 6.12. The van der Waals surface area contributed by atoms with Crippen molar-refractivity contribution in [2.75, 3.05) is 13.7 Å².